The van der Waals surface area contributed by atoms with E-state index in [1.165, 1.54) is 23.3 Å². The molecular formula is C23H32ClN5O3S. The van der Waals surface area contributed by atoms with Crippen LogP contribution in [-0.4, -0.2) is 64.7 Å². The van der Waals surface area contributed by atoms with E-state index in [9.17, 15) is 13.2 Å². The molecule has 33 heavy (non-hydrogen) atoms. The number of carbonyl (C=O) groups is 1. The van der Waals surface area contributed by atoms with E-state index in [1.54, 1.807) is 29.8 Å². The Bertz CT molecular complexity index is 1080. The average molecular weight is 494 g/mol. The Balaban J connectivity index is 1.45. The van der Waals surface area contributed by atoms with Gasteiger partial charge in [0.05, 0.1) is 16.9 Å². The average Bonchev–Trinajstić information content (AvgIpc) is 3.25. The van der Waals surface area contributed by atoms with Gasteiger partial charge in [-0.3, -0.25) is 9.69 Å². The fourth-order valence-electron chi connectivity index (χ4n) is 5.30. The Kier molecular flexibility index (Phi) is 7.14. The van der Waals surface area contributed by atoms with E-state index in [0.717, 1.165) is 32.1 Å². The first-order valence-electron chi connectivity index (χ1n) is 11.5. The minimum absolute atomic E-state index is 0.0283. The first-order valence-corrected chi connectivity index (χ1v) is 13.4. The maximum Gasteiger partial charge on any atom is 0.262 e. The summed E-state index contributed by atoms with van der Waals surface area (Å²) < 4.78 is 29.1. The van der Waals surface area contributed by atoms with Gasteiger partial charge < -0.3 is 10.3 Å². The molecule has 1 aliphatic heterocycles. The second kappa shape index (κ2) is 9.74. The molecule has 8 nitrogen and oxygen atoms in total. The summed E-state index contributed by atoms with van der Waals surface area (Å²) in [7, 11) is -1.84. The summed E-state index contributed by atoms with van der Waals surface area (Å²) in [6, 6.07) is 5.15. The van der Waals surface area contributed by atoms with Gasteiger partial charge in [-0.25, -0.2) is 13.4 Å². The number of Topliss-reactive ketones (excluding diaryl/α,β-unsaturated/α-hetero) is 1. The van der Waals surface area contributed by atoms with E-state index in [0.29, 0.717) is 48.9 Å². The van der Waals surface area contributed by atoms with Gasteiger partial charge in [0.2, 0.25) is 0 Å². The van der Waals surface area contributed by atoms with Crippen LogP contribution in [0.2, 0.25) is 5.02 Å². The van der Waals surface area contributed by atoms with Gasteiger partial charge in [0.15, 0.2) is 10.8 Å². The van der Waals surface area contributed by atoms with Crippen LogP contribution in [0.4, 0.5) is 5.69 Å². The molecule has 0 spiro atoms. The van der Waals surface area contributed by atoms with Crippen LogP contribution in [0.1, 0.15) is 55.3 Å². The molecule has 0 radical (unpaired) electrons. The highest BCUT2D eigenvalue weighted by atomic mass is 35.5. The minimum atomic E-state index is -3.59. The number of aryl methyl sites for hydroxylation is 1. The van der Waals surface area contributed by atoms with Gasteiger partial charge in [-0.1, -0.05) is 36.9 Å². The molecule has 180 valence electrons. The lowest BCUT2D eigenvalue weighted by molar-refractivity contribution is 0.0165. The van der Waals surface area contributed by atoms with Crippen LogP contribution in [-0.2, 0) is 17.1 Å². The van der Waals surface area contributed by atoms with Gasteiger partial charge in [0, 0.05) is 57.1 Å². The Morgan fingerprint density at radius 2 is 1.85 bits per heavy atom. The van der Waals surface area contributed by atoms with Gasteiger partial charge in [0.25, 0.3) is 10.0 Å². The fourth-order valence-corrected chi connectivity index (χ4v) is 6.97. The third kappa shape index (κ3) is 4.96. The van der Waals surface area contributed by atoms with Crippen LogP contribution in [0.25, 0.3) is 0 Å². The molecule has 0 unspecified atom stereocenters. The molecule has 0 amide bonds. The first kappa shape index (κ1) is 24.2. The molecule has 1 aliphatic carbocycles. The molecule has 2 N–H and O–H groups in total. The molecular weight excluding hydrogens is 462 g/mol. The first-order chi connectivity index (χ1) is 15.7. The van der Waals surface area contributed by atoms with Crippen LogP contribution in [0.3, 0.4) is 0 Å². The lowest BCUT2D eigenvalue weighted by Gasteiger charge is -2.49. The summed E-state index contributed by atoms with van der Waals surface area (Å²) in [4.78, 5) is 19.5. The standard InChI is InChI=1S/C23H32ClN5O3S/c1-27-16-21(26-17-27)33(31,32)29-14-12-28(13-15-29)23(9-3-2-4-10-23)11-8-20(30)22-18(24)6-5-7-19(22)25/h5-7,16-17H,2-4,8-15,25H2,1H3. The minimum Gasteiger partial charge on any atom is -0.398 e. The van der Waals surface area contributed by atoms with Crippen molar-refractivity contribution in [2.45, 2.75) is 55.5 Å². The Morgan fingerprint density at radius 1 is 1.15 bits per heavy atom. The summed E-state index contributed by atoms with van der Waals surface area (Å²) >= 11 is 6.26. The summed E-state index contributed by atoms with van der Waals surface area (Å²) in [6.45, 7) is 2.14. The smallest absolute Gasteiger partial charge is 0.262 e. The molecule has 10 heteroatoms. The van der Waals surface area contributed by atoms with Gasteiger partial charge in [-0.15, -0.1) is 0 Å². The number of halogens is 1. The number of carbonyl (C=O) groups excluding carboxylic acids is 1. The van der Waals surface area contributed by atoms with Crippen molar-refractivity contribution in [3.8, 4) is 0 Å². The highest BCUT2D eigenvalue weighted by Gasteiger charge is 2.41. The van der Waals surface area contributed by atoms with E-state index in [-0.39, 0.29) is 16.3 Å². The SMILES string of the molecule is Cn1cnc(S(=O)(=O)N2CCN(C3(CCC(=O)c4c(N)cccc4Cl)CCCCC3)CC2)c1. The third-order valence-corrected chi connectivity index (χ3v) is 9.22. The number of piperazine rings is 1. The number of sulfonamides is 1. The zero-order valence-electron chi connectivity index (χ0n) is 19.0. The van der Waals surface area contributed by atoms with Crippen molar-refractivity contribution >= 4 is 33.1 Å². The highest BCUT2D eigenvalue weighted by Crippen LogP contribution is 2.39. The van der Waals surface area contributed by atoms with Gasteiger partial charge in [0.1, 0.15) is 0 Å². The summed E-state index contributed by atoms with van der Waals surface area (Å²) in [5.41, 5.74) is 6.76. The van der Waals surface area contributed by atoms with E-state index in [2.05, 4.69) is 9.88 Å². The number of nitrogen functional groups attached to an aromatic ring is 1. The topological polar surface area (TPSA) is 102 Å². The van der Waals surface area contributed by atoms with Crippen LogP contribution in [0, 0.1) is 0 Å². The lowest BCUT2D eigenvalue weighted by Crippen LogP contribution is -2.58. The van der Waals surface area contributed by atoms with Crippen molar-refractivity contribution in [3.63, 3.8) is 0 Å². The van der Waals surface area contributed by atoms with Crippen LogP contribution < -0.4 is 5.73 Å². The molecule has 2 aromatic rings. The molecule has 2 heterocycles. The van der Waals surface area contributed by atoms with Crippen molar-refractivity contribution in [2.75, 3.05) is 31.9 Å². The van der Waals surface area contributed by atoms with E-state index < -0.39 is 10.0 Å². The number of ketones is 1. The summed E-state index contributed by atoms with van der Waals surface area (Å²) in [5.74, 6) is -0.0283. The van der Waals surface area contributed by atoms with Crippen molar-refractivity contribution in [1.82, 2.24) is 18.8 Å². The predicted molar refractivity (Wildman–Crippen MR) is 129 cm³/mol. The molecule has 4 rings (SSSR count). The number of rotatable bonds is 7. The normalized spacial score (nSPS) is 20.1. The molecule has 2 fully saturated rings. The Morgan fingerprint density at radius 3 is 2.45 bits per heavy atom. The number of aromatic nitrogens is 2. The van der Waals surface area contributed by atoms with Crippen LogP contribution >= 0.6 is 11.6 Å². The predicted octanol–water partition coefficient (Wildman–Crippen LogP) is 3.33. The van der Waals surface area contributed by atoms with Gasteiger partial charge in [-0.2, -0.15) is 4.31 Å². The number of anilines is 1. The van der Waals surface area contributed by atoms with Crippen molar-refractivity contribution in [2.24, 2.45) is 7.05 Å². The second-order valence-electron chi connectivity index (χ2n) is 9.18. The zero-order valence-corrected chi connectivity index (χ0v) is 20.6. The van der Waals surface area contributed by atoms with Gasteiger partial charge >= 0.3 is 0 Å². The largest absolute Gasteiger partial charge is 0.398 e. The second-order valence-corrected chi connectivity index (χ2v) is 11.5. The molecule has 0 bridgehead atoms. The monoisotopic (exact) mass is 493 g/mol. The maximum absolute atomic E-state index is 13.0. The molecule has 0 atom stereocenters. The van der Waals surface area contributed by atoms with Crippen LogP contribution in [0.5, 0.6) is 0 Å². The van der Waals surface area contributed by atoms with E-state index in [1.807, 2.05) is 0 Å². The molecule has 1 aromatic heterocycles. The summed E-state index contributed by atoms with van der Waals surface area (Å²) in [5, 5.41) is 0.486. The molecule has 2 aliphatic rings. The van der Waals surface area contributed by atoms with Gasteiger partial charge in [-0.05, 0) is 31.4 Å². The van der Waals surface area contributed by atoms with Crippen molar-refractivity contribution < 1.29 is 13.2 Å². The lowest BCUT2D eigenvalue weighted by atomic mass is 9.76. The molecule has 1 saturated carbocycles. The quantitative estimate of drug-likeness (QED) is 0.469. The van der Waals surface area contributed by atoms with Crippen molar-refractivity contribution in [3.05, 3.63) is 41.3 Å². The molecule has 1 saturated heterocycles. The third-order valence-electron chi connectivity index (χ3n) is 7.12. The zero-order chi connectivity index (χ0) is 23.6. The van der Waals surface area contributed by atoms with E-state index in [4.69, 9.17) is 17.3 Å². The summed E-state index contributed by atoms with van der Waals surface area (Å²) in [6.07, 6.45) is 9.62. The number of hydrogen-bond donors (Lipinski definition) is 1. The van der Waals surface area contributed by atoms with E-state index >= 15 is 0 Å². The maximum atomic E-state index is 13.0. The number of benzene rings is 1. The van der Waals surface area contributed by atoms with Crippen molar-refractivity contribution in [1.29, 1.82) is 0 Å². The highest BCUT2D eigenvalue weighted by molar-refractivity contribution is 7.89. The Labute approximate surface area is 200 Å². The Hall–Kier alpha value is -1.94. The number of nitrogens with zero attached hydrogens (tertiary/aromatic N) is 4. The number of imidazole rings is 1. The number of nitrogens with two attached hydrogens (primary N) is 1. The fraction of sp³-hybridized carbons (Fsp3) is 0.565. The number of hydrogen-bond acceptors (Lipinski definition) is 6. The van der Waals surface area contributed by atoms with Crippen LogP contribution in [0.15, 0.2) is 35.7 Å². The molecule has 1 aromatic carbocycles.